The molecule has 17 heavy (non-hydrogen) atoms. The van der Waals surface area contributed by atoms with Gasteiger partial charge < -0.3 is 0 Å². The van der Waals surface area contributed by atoms with Gasteiger partial charge in [0, 0.05) is 23.5 Å². The molecule has 0 aliphatic heterocycles. The number of aromatic nitrogens is 1. The van der Waals surface area contributed by atoms with Crippen molar-refractivity contribution in [1.29, 1.82) is 0 Å². The lowest BCUT2D eigenvalue weighted by Crippen LogP contribution is -2.08. The third-order valence-corrected chi connectivity index (χ3v) is 2.40. The van der Waals surface area contributed by atoms with Gasteiger partial charge in [-0.3, -0.25) is 14.6 Å². The van der Waals surface area contributed by atoms with Crippen molar-refractivity contribution in [3.8, 4) is 0 Å². The standard InChI is InChI=1S/C14H11NO2/c16-13(11-5-2-1-3-6-11)9-14(17)12-7-4-8-15-10-12/h1-8,10H,9H2. The number of Topliss-reactive ketones (excluding diaryl/α,β-unsaturated/α-hetero) is 2. The monoisotopic (exact) mass is 225 g/mol. The van der Waals surface area contributed by atoms with Crippen LogP contribution in [0.15, 0.2) is 54.9 Å². The molecule has 0 spiro atoms. The molecule has 0 aliphatic rings. The normalized spacial score (nSPS) is 9.88. The minimum atomic E-state index is -0.202. The summed E-state index contributed by atoms with van der Waals surface area (Å²) >= 11 is 0. The zero-order valence-electron chi connectivity index (χ0n) is 9.17. The molecule has 0 amide bonds. The fourth-order valence-electron chi connectivity index (χ4n) is 1.50. The molecule has 1 heterocycles. The van der Waals surface area contributed by atoms with Crippen LogP contribution in [0, 0.1) is 0 Å². The molecule has 1 aromatic carbocycles. The largest absolute Gasteiger partial charge is 0.294 e. The third-order valence-electron chi connectivity index (χ3n) is 2.40. The first-order valence-corrected chi connectivity index (χ1v) is 5.29. The summed E-state index contributed by atoms with van der Waals surface area (Å²) in [6.07, 6.45) is 2.95. The van der Waals surface area contributed by atoms with Crippen molar-refractivity contribution >= 4 is 11.6 Å². The molecule has 0 radical (unpaired) electrons. The molecule has 0 saturated heterocycles. The maximum absolute atomic E-state index is 11.8. The van der Waals surface area contributed by atoms with E-state index in [1.807, 2.05) is 6.07 Å². The quantitative estimate of drug-likeness (QED) is 0.593. The van der Waals surface area contributed by atoms with Gasteiger partial charge in [0.25, 0.3) is 0 Å². The Kier molecular flexibility index (Phi) is 3.40. The minimum Gasteiger partial charge on any atom is -0.294 e. The van der Waals surface area contributed by atoms with E-state index in [1.54, 1.807) is 42.6 Å². The summed E-state index contributed by atoms with van der Waals surface area (Å²) in [7, 11) is 0. The van der Waals surface area contributed by atoms with Crippen LogP contribution in [0.2, 0.25) is 0 Å². The van der Waals surface area contributed by atoms with Gasteiger partial charge in [0.1, 0.15) is 0 Å². The van der Waals surface area contributed by atoms with Crippen molar-refractivity contribution in [2.24, 2.45) is 0 Å². The lowest BCUT2D eigenvalue weighted by atomic mass is 10.0. The molecule has 84 valence electrons. The molecule has 3 heteroatoms. The Morgan fingerprint density at radius 3 is 2.18 bits per heavy atom. The molecule has 0 unspecified atom stereocenters. The summed E-state index contributed by atoms with van der Waals surface area (Å²) < 4.78 is 0. The van der Waals surface area contributed by atoms with Crippen molar-refractivity contribution < 1.29 is 9.59 Å². The zero-order chi connectivity index (χ0) is 12.1. The number of pyridine rings is 1. The second-order valence-corrected chi connectivity index (χ2v) is 3.63. The molecule has 0 saturated carbocycles. The van der Waals surface area contributed by atoms with Crippen LogP contribution in [-0.4, -0.2) is 16.6 Å². The summed E-state index contributed by atoms with van der Waals surface area (Å²) in [6, 6.07) is 12.1. The maximum atomic E-state index is 11.8. The predicted octanol–water partition coefficient (Wildman–Crippen LogP) is 2.54. The van der Waals surface area contributed by atoms with Crippen molar-refractivity contribution in [1.82, 2.24) is 4.98 Å². The number of hydrogen-bond donors (Lipinski definition) is 0. The number of carbonyl (C=O) groups excluding carboxylic acids is 2. The number of carbonyl (C=O) groups is 2. The number of ketones is 2. The maximum Gasteiger partial charge on any atom is 0.172 e. The van der Waals surface area contributed by atoms with Crippen LogP contribution in [0.5, 0.6) is 0 Å². The van der Waals surface area contributed by atoms with Gasteiger partial charge >= 0.3 is 0 Å². The lowest BCUT2D eigenvalue weighted by Gasteiger charge is -2.00. The second-order valence-electron chi connectivity index (χ2n) is 3.63. The smallest absolute Gasteiger partial charge is 0.172 e. The van der Waals surface area contributed by atoms with Gasteiger partial charge in [-0.25, -0.2) is 0 Å². The average molecular weight is 225 g/mol. The van der Waals surface area contributed by atoms with E-state index in [0.29, 0.717) is 11.1 Å². The molecule has 2 aromatic rings. The van der Waals surface area contributed by atoms with Gasteiger partial charge in [0.05, 0.1) is 6.42 Å². The minimum absolute atomic E-state index is 0.115. The topological polar surface area (TPSA) is 47.0 Å². The van der Waals surface area contributed by atoms with Crippen molar-refractivity contribution in [2.75, 3.05) is 0 Å². The second kappa shape index (κ2) is 5.16. The van der Waals surface area contributed by atoms with Crippen LogP contribution in [0.3, 0.4) is 0 Å². The van der Waals surface area contributed by atoms with E-state index in [0.717, 1.165) is 0 Å². The number of hydrogen-bond acceptors (Lipinski definition) is 3. The Labute approximate surface area is 99.1 Å². The van der Waals surface area contributed by atoms with Gasteiger partial charge in [-0.1, -0.05) is 30.3 Å². The number of rotatable bonds is 4. The predicted molar refractivity (Wildman–Crippen MR) is 64.0 cm³/mol. The molecule has 0 atom stereocenters. The van der Waals surface area contributed by atoms with Crippen molar-refractivity contribution in [3.63, 3.8) is 0 Å². The van der Waals surface area contributed by atoms with Gasteiger partial charge in [-0.2, -0.15) is 0 Å². The average Bonchev–Trinajstić information content (AvgIpc) is 2.40. The molecule has 2 rings (SSSR count). The summed E-state index contributed by atoms with van der Waals surface area (Å²) in [5.74, 6) is -0.369. The van der Waals surface area contributed by atoms with Crippen LogP contribution < -0.4 is 0 Å². The van der Waals surface area contributed by atoms with Gasteiger partial charge in [-0.15, -0.1) is 0 Å². The van der Waals surface area contributed by atoms with Crippen LogP contribution in [-0.2, 0) is 0 Å². The zero-order valence-corrected chi connectivity index (χ0v) is 9.17. The SMILES string of the molecule is O=C(CC(=O)c1cccnc1)c1ccccc1. The molecular weight excluding hydrogens is 214 g/mol. The molecule has 0 bridgehead atoms. The van der Waals surface area contributed by atoms with E-state index in [4.69, 9.17) is 0 Å². The van der Waals surface area contributed by atoms with Gasteiger partial charge in [0.15, 0.2) is 11.6 Å². The fraction of sp³-hybridized carbons (Fsp3) is 0.0714. The van der Waals surface area contributed by atoms with E-state index in [1.165, 1.54) is 6.20 Å². The summed E-state index contributed by atoms with van der Waals surface area (Å²) in [4.78, 5) is 27.4. The lowest BCUT2D eigenvalue weighted by molar-refractivity contribution is 0.0894. The summed E-state index contributed by atoms with van der Waals surface area (Å²) in [6.45, 7) is 0. The van der Waals surface area contributed by atoms with Crippen LogP contribution in [0.1, 0.15) is 27.1 Å². The van der Waals surface area contributed by atoms with E-state index in [2.05, 4.69) is 4.98 Å². The van der Waals surface area contributed by atoms with Gasteiger partial charge in [0.2, 0.25) is 0 Å². The first kappa shape index (κ1) is 11.2. The highest BCUT2D eigenvalue weighted by Gasteiger charge is 2.13. The van der Waals surface area contributed by atoms with E-state index in [9.17, 15) is 9.59 Å². The van der Waals surface area contributed by atoms with Crippen LogP contribution in [0.4, 0.5) is 0 Å². The highest BCUT2D eigenvalue weighted by atomic mass is 16.1. The fourth-order valence-corrected chi connectivity index (χ4v) is 1.50. The summed E-state index contributed by atoms with van der Waals surface area (Å²) in [5.41, 5.74) is 1.03. The number of nitrogens with zero attached hydrogens (tertiary/aromatic N) is 1. The first-order chi connectivity index (χ1) is 8.27. The molecular formula is C14H11NO2. The number of benzene rings is 1. The Morgan fingerprint density at radius 2 is 1.53 bits per heavy atom. The summed E-state index contributed by atoms with van der Waals surface area (Å²) in [5, 5.41) is 0. The molecule has 1 aromatic heterocycles. The molecule has 0 fully saturated rings. The van der Waals surface area contributed by atoms with E-state index in [-0.39, 0.29) is 18.0 Å². The third kappa shape index (κ3) is 2.84. The molecule has 0 N–H and O–H groups in total. The van der Waals surface area contributed by atoms with E-state index < -0.39 is 0 Å². The molecule has 0 aliphatic carbocycles. The Balaban J connectivity index is 2.08. The first-order valence-electron chi connectivity index (χ1n) is 5.29. The van der Waals surface area contributed by atoms with Crippen LogP contribution in [0.25, 0.3) is 0 Å². The van der Waals surface area contributed by atoms with E-state index >= 15 is 0 Å². The Morgan fingerprint density at radius 1 is 0.882 bits per heavy atom. The highest BCUT2D eigenvalue weighted by Crippen LogP contribution is 2.07. The molecule has 3 nitrogen and oxygen atoms in total. The Bertz CT molecular complexity index is 471. The van der Waals surface area contributed by atoms with Crippen LogP contribution >= 0.6 is 0 Å². The van der Waals surface area contributed by atoms with Crippen molar-refractivity contribution in [2.45, 2.75) is 6.42 Å². The highest BCUT2D eigenvalue weighted by molar-refractivity contribution is 6.13. The van der Waals surface area contributed by atoms with Crippen molar-refractivity contribution in [3.05, 3.63) is 66.0 Å². The Hall–Kier alpha value is -2.29. The van der Waals surface area contributed by atoms with Gasteiger partial charge in [-0.05, 0) is 12.1 Å².